The largest absolute Gasteiger partial charge is 0.310 e. The van der Waals surface area contributed by atoms with Crippen molar-refractivity contribution in [1.82, 2.24) is 5.32 Å². The Morgan fingerprint density at radius 1 is 1.05 bits per heavy atom. The van der Waals surface area contributed by atoms with Crippen LogP contribution in [0.3, 0.4) is 0 Å². The number of hydrogen-bond acceptors (Lipinski definition) is 1. The van der Waals surface area contributed by atoms with Gasteiger partial charge in [0.15, 0.2) is 0 Å². The number of benzene rings is 2. The van der Waals surface area contributed by atoms with Crippen LogP contribution in [-0.4, -0.2) is 6.04 Å². The van der Waals surface area contributed by atoms with E-state index in [1.807, 2.05) is 12.1 Å². The molecule has 0 aromatic heterocycles. The van der Waals surface area contributed by atoms with Gasteiger partial charge in [-0.15, -0.1) is 0 Å². The fourth-order valence-electron chi connectivity index (χ4n) is 2.49. The van der Waals surface area contributed by atoms with Crippen molar-refractivity contribution in [1.29, 1.82) is 0 Å². The number of hydrogen-bond donors (Lipinski definition) is 1. The summed E-state index contributed by atoms with van der Waals surface area (Å²) < 4.78 is 13.9. The minimum Gasteiger partial charge on any atom is -0.310 e. The molecular formula is C19H22FN. The SMILES string of the molecule is CC(C)c1ccc(-c2ccc(F)c(CNC3CC3)c2)cc1. The summed E-state index contributed by atoms with van der Waals surface area (Å²) in [6.45, 7) is 5.00. The summed E-state index contributed by atoms with van der Waals surface area (Å²) >= 11 is 0. The van der Waals surface area contributed by atoms with Gasteiger partial charge in [0, 0.05) is 18.2 Å². The smallest absolute Gasteiger partial charge is 0.127 e. The van der Waals surface area contributed by atoms with E-state index in [4.69, 9.17) is 0 Å². The quantitative estimate of drug-likeness (QED) is 0.825. The summed E-state index contributed by atoms with van der Waals surface area (Å²) in [7, 11) is 0. The molecule has 1 aliphatic carbocycles. The van der Waals surface area contributed by atoms with Crippen molar-refractivity contribution >= 4 is 0 Å². The highest BCUT2D eigenvalue weighted by Crippen LogP contribution is 2.25. The summed E-state index contributed by atoms with van der Waals surface area (Å²) in [5, 5.41) is 3.38. The van der Waals surface area contributed by atoms with Crippen molar-refractivity contribution in [2.24, 2.45) is 0 Å². The van der Waals surface area contributed by atoms with Crippen LogP contribution >= 0.6 is 0 Å². The molecule has 1 fully saturated rings. The van der Waals surface area contributed by atoms with Crippen molar-refractivity contribution in [2.75, 3.05) is 0 Å². The lowest BCUT2D eigenvalue weighted by Gasteiger charge is -2.10. The van der Waals surface area contributed by atoms with Gasteiger partial charge >= 0.3 is 0 Å². The maximum absolute atomic E-state index is 13.9. The third-order valence-corrected chi connectivity index (χ3v) is 4.11. The molecule has 2 aromatic carbocycles. The van der Waals surface area contributed by atoms with Crippen LogP contribution in [0.5, 0.6) is 0 Å². The van der Waals surface area contributed by atoms with E-state index in [1.165, 1.54) is 18.4 Å². The fraction of sp³-hybridized carbons (Fsp3) is 0.368. The summed E-state index contributed by atoms with van der Waals surface area (Å²) in [6.07, 6.45) is 2.44. The Labute approximate surface area is 126 Å². The summed E-state index contributed by atoms with van der Waals surface area (Å²) in [6, 6.07) is 14.6. The zero-order valence-corrected chi connectivity index (χ0v) is 12.7. The highest BCUT2D eigenvalue weighted by atomic mass is 19.1. The van der Waals surface area contributed by atoms with E-state index in [2.05, 4.69) is 43.4 Å². The Morgan fingerprint density at radius 2 is 1.71 bits per heavy atom. The van der Waals surface area contributed by atoms with Crippen LogP contribution in [0.4, 0.5) is 4.39 Å². The fourth-order valence-corrected chi connectivity index (χ4v) is 2.49. The Bertz CT molecular complexity index is 612. The highest BCUT2D eigenvalue weighted by Gasteiger charge is 2.20. The van der Waals surface area contributed by atoms with Crippen LogP contribution < -0.4 is 5.32 Å². The molecule has 0 saturated heterocycles. The lowest BCUT2D eigenvalue weighted by atomic mass is 9.98. The maximum atomic E-state index is 13.9. The number of rotatable bonds is 5. The third-order valence-electron chi connectivity index (χ3n) is 4.11. The second-order valence-corrected chi connectivity index (χ2v) is 6.24. The molecule has 2 aromatic rings. The first kappa shape index (κ1) is 14.3. The molecule has 0 heterocycles. The minimum absolute atomic E-state index is 0.120. The molecular weight excluding hydrogens is 261 g/mol. The average Bonchev–Trinajstić information content (AvgIpc) is 3.31. The standard InChI is InChI=1S/C19H22FN/c1-13(2)14-3-5-15(6-4-14)16-7-10-19(20)17(11-16)12-21-18-8-9-18/h3-7,10-11,13,18,21H,8-9,12H2,1-2H3. The molecule has 0 bridgehead atoms. The molecule has 1 nitrogen and oxygen atoms in total. The molecule has 21 heavy (non-hydrogen) atoms. The third kappa shape index (κ3) is 3.51. The van der Waals surface area contributed by atoms with Crippen LogP contribution in [0.25, 0.3) is 11.1 Å². The van der Waals surface area contributed by atoms with Crippen molar-refractivity contribution in [3.63, 3.8) is 0 Å². The van der Waals surface area contributed by atoms with E-state index in [0.29, 0.717) is 18.5 Å². The van der Waals surface area contributed by atoms with Gasteiger partial charge in [-0.05, 0) is 47.6 Å². The van der Waals surface area contributed by atoms with E-state index in [1.54, 1.807) is 6.07 Å². The first-order valence-corrected chi connectivity index (χ1v) is 7.75. The molecule has 1 saturated carbocycles. The summed E-state index contributed by atoms with van der Waals surface area (Å²) in [4.78, 5) is 0. The molecule has 1 N–H and O–H groups in total. The molecule has 0 spiro atoms. The van der Waals surface area contributed by atoms with E-state index in [0.717, 1.165) is 16.7 Å². The molecule has 0 unspecified atom stereocenters. The van der Waals surface area contributed by atoms with Crippen molar-refractivity contribution in [3.8, 4) is 11.1 Å². The summed E-state index contributed by atoms with van der Waals surface area (Å²) in [5.74, 6) is 0.413. The maximum Gasteiger partial charge on any atom is 0.127 e. The van der Waals surface area contributed by atoms with Gasteiger partial charge in [-0.3, -0.25) is 0 Å². The van der Waals surface area contributed by atoms with E-state index >= 15 is 0 Å². The molecule has 3 rings (SSSR count). The van der Waals surface area contributed by atoms with Crippen LogP contribution in [-0.2, 0) is 6.54 Å². The Kier molecular flexibility index (Phi) is 4.07. The molecule has 0 atom stereocenters. The van der Waals surface area contributed by atoms with Gasteiger partial charge in [0.05, 0.1) is 0 Å². The zero-order chi connectivity index (χ0) is 14.8. The topological polar surface area (TPSA) is 12.0 Å². The van der Waals surface area contributed by atoms with E-state index in [-0.39, 0.29) is 5.82 Å². The van der Waals surface area contributed by atoms with Gasteiger partial charge in [-0.25, -0.2) is 4.39 Å². The highest BCUT2D eigenvalue weighted by molar-refractivity contribution is 5.64. The first-order valence-electron chi connectivity index (χ1n) is 7.75. The second kappa shape index (κ2) is 5.98. The lowest BCUT2D eigenvalue weighted by Crippen LogP contribution is -2.16. The summed E-state index contributed by atoms with van der Waals surface area (Å²) in [5.41, 5.74) is 4.31. The molecule has 0 radical (unpaired) electrons. The molecule has 2 heteroatoms. The number of halogens is 1. The minimum atomic E-state index is -0.120. The predicted molar refractivity (Wildman–Crippen MR) is 85.8 cm³/mol. The Morgan fingerprint density at radius 3 is 2.33 bits per heavy atom. The molecule has 0 amide bonds. The molecule has 1 aliphatic rings. The van der Waals surface area contributed by atoms with E-state index in [9.17, 15) is 4.39 Å². The van der Waals surface area contributed by atoms with Crippen molar-refractivity contribution in [3.05, 3.63) is 59.4 Å². The van der Waals surface area contributed by atoms with Crippen LogP contribution in [0, 0.1) is 5.82 Å². The average molecular weight is 283 g/mol. The zero-order valence-electron chi connectivity index (χ0n) is 12.7. The molecule has 0 aliphatic heterocycles. The van der Waals surface area contributed by atoms with Gasteiger partial charge in [-0.1, -0.05) is 44.2 Å². The van der Waals surface area contributed by atoms with Gasteiger partial charge in [0.1, 0.15) is 5.82 Å². The lowest BCUT2D eigenvalue weighted by molar-refractivity contribution is 0.587. The van der Waals surface area contributed by atoms with Gasteiger partial charge in [-0.2, -0.15) is 0 Å². The van der Waals surface area contributed by atoms with Crippen LogP contribution in [0.1, 0.15) is 43.7 Å². The molecule has 110 valence electrons. The van der Waals surface area contributed by atoms with Gasteiger partial charge < -0.3 is 5.32 Å². The van der Waals surface area contributed by atoms with Crippen LogP contribution in [0.15, 0.2) is 42.5 Å². The second-order valence-electron chi connectivity index (χ2n) is 6.24. The van der Waals surface area contributed by atoms with Gasteiger partial charge in [0.25, 0.3) is 0 Å². The first-order chi connectivity index (χ1) is 10.1. The van der Waals surface area contributed by atoms with Crippen molar-refractivity contribution in [2.45, 2.75) is 45.2 Å². The number of nitrogens with one attached hydrogen (secondary N) is 1. The van der Waals surface area contributed by atoms with Gasteiger partial charge in [0.2, 0.25) is 0 Å². The Balaban J connectivity index is 1.81. The van der Waals surface area contributed by atoms with Crippen LogP contribution in [0.2, 0.25) is 0 Å². The van der Waals surface area contributed by atoms with Crippen molar-refractivity contribution < 1.29 is 4.39 Å². The monoisotopic (exact) mass is 283 g/mol. The van der Waals surface area contributed by atoms with E-state index < -0.39 is 0 Å². The predicted octanol–water partition coefficient (Wildman–Crippen LogP) is 4.87. The Hall–Kier alpha value is -1.67. The normalized spacial score (nSPS) is 14.7.